The Balaban J connectivity index is 1.68. The number of rotatable bonds is 7. The minimum Gasteiger partial charge on any atom is -0.468 e. The zero-order chi connectivity index (χ0) is 14.0. The molecule has 0 amide bonds. The minimum absolute atomic E-state index is 0.167. The predicted molar refractivity (Wildman–Crippen MR) is 76.9 cm³/mol. The third-order valence-electron chi connectivity index (χ3n) is 3.14. The molecule has 0 saturated heterocycles. The van der Waals surface area contributed by atoms with E-state index in [4.69, 9.17) is 4.42 Å². The van der Waals surface area contributed by atoms with Crippen LogP contribution in [0, 0.1) is 0 Å². The van der Waals surface area contributed by atoms with Crippen LogP contribution < -0.4 is 10.0 Å². The quantitative estimate of drug-likeness (QED) is 0.821. The van der Waals surface area contributed by atoms with E-state index >= 15 is 0 Å². The number of sulfonamides is 1. The lowest BCUT2D eigenvalue weighted by Gasteiger charge is -2.07. The maximum Gasteiger partial charge on any atom is 0.242 e. The van der Waals surface area contributed by atoms with Gasteiger partial charge < -0.3 is 9.73 Å². The molecular formula is C13H16N2O3S2. The number of furan rings is 1. The minimum atomic E-state index is -3.49. The van der Waals surface area contributed by atoms with Gasteiger partial charge in [0.15, 0.2) is 0 Å². The van der Waals surface area contributed by atoms with E-state index in [-0.39, 0.29) is 6.54 Å². The van der Waals surface area contributed by atoms with Crippen LogP contribution in [0.25, 0.3) is 0 Å². The molecule has 0 radical (unpaired) electrons. The normalized spacial score (nSPS) is 15.6. The van der Waals surface area contributed by atoms with Gasteiger partial charge in [-0.25, -0.2) is 13.1 Å². The van der Waals surface area contributed by atoms with Gasteiger partial charge in [-0.15, -0.1) is 11.3 Å². The van der Waals surface area contributed by atoms with Crippen LogP contribution in [0.1, 0.15) is 23.5 Å². The summed E-state index contributed by atoms with van der Waals surface area (Å²) < 4.78 is 32.3. The first kappa shape index (κ1) is 13.8. The van der Waals surface area contributed by atoms with Crippen LogP contribution in [0.5, 0.6) is 0 Å². The van der Waals surface area contributed by atoms with E-state index in [1.807, 2.05) is 5.38 Å². The van der Waals surface area contributed by atoms with Crippen molar-refractivity contribution in [3.05, 3.63) is 40.5 Å². The first-order chi connectivity index (χ1) is 9.65. The van der Waals surface area contributed by atoms with Crippen molar-refractivity contribution in [2.75, 3.05) is 0 Å². The van der Waals surface area contributed by atoms with Crippen molar-refractivity contribution in [2.45, 2.75) is 36.9 Å². The summed E-state index contributed by atoms with van der Waals surface area (Å²) in [6.07, 6.45) is 3.90. The summed E-state index contributed by atoms with van der Waals surface area (Å²) >= 11 is 1.46. The van der Waals surface area contributed by atoms with E-state index in [0.29, 0.717) is 23.2 Å². The SMILES string of the molecule is O=S(=O)(NCc1ccco1)c1ccsc1CNC1CC1. The maximum absolute atomic E-state index is 12.3. The fraction of sp³-hybridized carbons (Fsp3) is 0.385. The van der Waals surface area contributed by atoms with E-state index in [1.54, 1.807) is 18.2 Å². The monoisotopic (exact) mass is 312 g/mol. The van der Waals surface area contributed by atoms with Crippen LogP contribution in [0.4, 0.5) is 0 Å². The second-order valence-electron chi connectivity index (χ2n) is 4.77. The lowest BCUT2D eigenvalue weighted by Crippen LogP contribution is -2.24. The van der Waals surface area contributed by atoms with Crippen LogP contribution >= 0.6 is 11.3 Å². The largest absolute Gasteiger partial charge is 0.468 e. The maximum atomic E-state index is 12.3. The van der Waals surface area contributed by atoms with Gasteiger partial charge in [0.2, 0.25) is 10.0 Å². The zero-order valence-corrected chi connectivity index (χ0v) is 12.5. The molecule has 108 valence electrons. The van der Waals surface area contributed by atoms with Gasteiger partial charge in [0.1, 0.15) is 5.76 Å². The van der Waals surface area contributed by atoms with Gasteiger partial charge in [-0.1, -0.05) is 0 Å². The van der Waals surface area contributed by atoms with E-state index in [9.17, 15) is 8.42 Å². The van der Waals surface area contributed by atoms with Gasteiger partial charge in [0.05, 0.1) is 17.7 Å². The van der Waals surface area contributed by atoms with Crippen molar-refractivity contribution in [3.8, 4) is 0 Å². The summed E-state index contributed by atoms with van der Waals surface area (Å²) in [5.74, 6) is 0.599. The summed E-state index contributed by atoms with van der Waals surface area (Å²) in [4.78, 5) is 1.21. The highest BCUT2D eigenvalue weighted by Crippen LogP contribution is 2.25. The Morgan fingerprint density at radius 2 is 2.15 bits per heavy atom. The average molecular weight is 312 g/mol. The molecule has 20 heavy (non-hydrogen) atoms. The molecule has 1 saturated carbocycles. The fourth-order valence-electron chi connectivity index (χ4n) is 1.88. The molecule has 0 atom stereocenters. The standard InChI is InChI=1S/C13H16N2O3S2/c16-20(17,15-8-11-2-1-6-18-11)13-5-7-19-12(13)9-14-10-3-4-10/h1-2,5-7,10,14-15H,3-4,8-9H2. The zero-order valence-electron chi connectivity index (χ0n) is 10.8. The molecule has 1 fully saturated rings. The van der Waals surface area contributed by atoms with Crippen LogP contribution in [0.2, 0.25) is 0 Å². The summed E-state index contributed by atoms with van der Waals surface area (Å²) in [7, 11) is -3.49. The van der Waals surface area contributed by atoms with Crippen LogP contribution in [-0.2, 0) is 23.1 Å². The number of hydrogen-bond acceptors (Lipinski definition) is 5. The summed E-state index contributed by atoms with van der Waals surface area (Å²) in [6, 6.07) is 5.69. The van der Waals surface area contributed by atoms with Gasteiger partial charge in [-0.05, 0) is 36.4 Å². The Kier molecular flexibility index (Phi) is 3.93. The second-order valence-corrected chi connectivity index (χ2v) is 7.50. The lowest BCUT2D eigenvalue weighted by atomic mass is 10.4. The van der Waals surface area contributed by atoms with Crippen LogP contribution in [0.15, 0.2) is 39.2 Å². The van der Waals surface area contributed by atoms with Gasteiger partial charge in [0, 0.05) is 17.5 Å². The molecule has 3 rings (SSSR count). The topological polar surface area (TPSA) is 71.3 Å². The molecule has 1 aliphatic carbocycles. The summed E-state index contributed by atoms with van der Waals surface area (Å²) in [5, 5.41) is 5.15. The third kappa shape index (κ3) is 3.29. The number of nitrogens with one attached hydrogen (secondary N) is 2. The van der Waals surface area contributed by atoms with Crippen molar-refractivity contribution in [2.24, 2.45) is 0 Å². The third-order valence-corrected chi connectivity index (χ3v) is 5.68. The first-order valence-electron chi connectivity index (χ1n) is 6.47. The van der Waals surface area contributed by atoms with Crippen LogP contribution in [0.3, 0.4) is 0 Å². The molecule has 5 nitrogen and oxygen atoms in total. The smallest absolute Gasteiger partial charge is 0.242 e. The second kappa shape index (κ2) is 5.69. The Morgan fingerprint density at radius 3 is 2.85 bits per heavy atom. The number of hydrogen-bond donors (Lipinski definition) is 2. The average Bonchev–Trinajstić information content (AvgIpc) is 2.94. The summed E-state index contributed by atoms with van der Waals surface area (Å²) in [6.45, 7) is 0.778. The van der Waals surface area contributed by atoms with Crippen molar-refractivity contribution in [1.82, 2.24) is 10.0 Å². The van der Waals surface area contributed by atoms with E-state index in [0.717, 1.165) is 4.88 Å². The van der Waals surface area contributed by atoms with Gasteiger partial charge >= 0.3 is 0 Å². The molecule has 0 aliphatic heterocycles. The molecule has 2 aromatic heterocycles. The van der Waals surface area contributed by atoms with E-state index in [2.05, 4.69) is 10.0 Å². The van der Waals surface area contributed by atoms with Crippen molar-refractivity contribution >= 4 is 21.4 Å². The molecular weight excluding hydrogens is 296 g/mol. The molecule has 0 aromatic carbocycles. The molecule has 7 heteroatoms. The predicted octanol–water partition coefficient (Wildman–Crippen LogP) is 2.07. The molecule has 2 heterocycles. The molecule has 0 unspecified atom stereocenters. The van der Waals surface area contributed by atoms with Gasteiger partial charge in [-0.3, -0.25) is 0 Å². The molecule has 0 bridgehead atoms. The van der Waals surface area contributed by atoms with E-state index < -0.39 is 10.0 Å². The van der Waals surface area contributed by atoms with Crippen molar-refractivity contribution in [3.63, 3.8) is 0 Å². The Bertz CT molecular complexity index is 658. The van der Waals surface area contributed by atoms with Crippen LogP contribution in [-0.4, -0.2) is 14.5 Å². The molecule has 0 spiro atoms. The molecule has 1 aliphatic rings. The Hall–Kier alpha value is -1.15. The Morgan fingerprint density at radius 1 is 1.30 bits per heavy atom. The highest BCUT2D eigenvalue weighted by molar-refractivity contribution is 7.89. The van der Waals surface area contributed by atoms with Crippen molar-refractivity contribution in [1.29, 1.82) is 0 Å². The highest BCUT2D eigenvalue weighted by atomic mass is 32.2. The van der Waals surface area contributed by atoms with Gasteiger partial charge in [-0.2, -0.15) is 0 Å². The van der Waals surface area contributed by atoms with E-state index in [1.165, 1.54) is 30.4 Å². The Labute approximate surface area is 122 Å². The first-order valence-corrected chi connectivity index (χ1v) is 8.83. The van der Waals surface area contributed by atoms with Gasteiger partial charge in [0.25, 0.3) is 0 Å². The molecule has 2 aromatic rings. The highest BCUT2D eigenvalue weighted by Gasteiger charge is 2.23. The lowest BCUT2D eigenvalue weighted by molar-refractivity contribution is 0.498. The molecule has 2 N–H and O–H groups in total. The number of thiophene rings is 1. The fourth-order valence-corrected chi connectivity index (χ4v) is 4.26. The van der Waals surface area contributed by atoms with Crippen molar-refractivity contribution < 1.29 is 12.8 Å². The summed E-state index contributed by atoms with van der Waals surface area (Å²) in [5.41, 5.74) is 0.